The first kappa shape index (κ1) is 15.4. The molecule has 96 valence electrons. The Morgan fingerprint density at radius 2 is 1.82 bits per heavy atom. The van der Waals surface area contributed by atoms with E-state index < -0.39 is 6.80 Å². The maximum atomic E-state index is 12.2. The Morgan fingerprint density at radius 1 is 1.24 bits per heavy atom. The molecule has 1 aromatic carbocycles. The van der Waals surface area contributed by atoms with Crippen LogP contribution in [0.1, 0.15) is 13.8 Å². The lowest BCUT2D eigenvalue weighted by molar-refractivity contribution is 0.237. The zero-order valence-corrected chi connectivity index (χ0v) is 12.7. The predicted molar refractivity (Wildman–Crippen MR) is 73.2 cm³/mol. The summed E-state index contributed by atoms with van der Waals surface area (Å²) in [6, 6.07) is 4.96. The van der Waals surface area contributed by atoms with E-state index in [0.29, 0.717) is 28.2 Å². The monoisotopic (exact) mass is 314 g/mol. The molecular weight excluding hydrogens is 302 g/mol. The second kappa shape index (κ2) is 7.03. The molecule has 0 heterocycles. The molecule has 0 N–H and O–H groups in total. The van der Waals surface area contributed by atoms with Gasteiger partial charge in [-0.1, -0.05) is 23.2 Å². The van der Waals surface area contributed by atoms with Crippen LogP contribution in [0.25, 0.3) is 0 Å². The maximum Gasteiger partial charge on any atom is 0.393 e. The summed E-state index contributed by atoms with van der Waals surface area (Å²) in [6.07, 6.45) is 0. The summed E-state index contributed by atoms with van der Waals surface area (Å²) in [6.45, 7) is 0.955. The quantitative estimate of drug-likeness (QED) is 0.670. The molecule has 0 bridgehead atoms. The lowest BCUT2D eigenvalue weighted by Crippen LogP contribution is -1.92. The van der Waals surface area contributed by atoms with Gasteiger partial charge >= 0.3 is 6.80 Å². The lowest BCUT2D eigenvalue weighted by Gasteiger charge is -2.16. The van der Waals surface area contributed by atoms with E-state index in [1.54, 1.807) is 32.0 Å². The summed E-state index contributed by atoms with van der Waals surface area (Å²) in [5.41, 5.74) is 0. The first-order chi connectivity index (χ1) is 8.00. The summed E-state index contributed by atoms with van der Waals surface area (Å²) < 4.78 is 22.6. The Hall–Kier alpha value is 0.300. The van der Waals surface area contributed by atoms with Crippen LogP contribution in [0.4, 0.5) is 0 Å². The third kappa shape index (κ3) is 4.82. The van der Waals surface area contributed by atoms with Crippen molar-refractivity contribution < 1.29 is 13.6 Å². The maximum absolute atomic E-state index is 12.2. The molecule has 0 amide bonds. The van der Waals surface area contributed by atoms with Gasteiger partial charge in [0.1, 0.15) is 0 Å². The molecule has 0 atom stereocenters. The molecule has 0 aliphatic carbocycles. The highest BCUT2D eigenvalue weighted by Crippen LogP contribution is 2.64. The third-order valence-electron chi connectivity index (χ3n) is 1.68. The van der Waals surface area contributed by atoms with Crippen molar-refractivity contribution in [3.63, 3.8) is 0 Å². The Bertz CT molecular complexity index is 418. The van der Waals surface area contributed by atoms with Gasteiger partial charge in [0, 0.05) is 9.92 Å². The summed E-state index contributed by atoms with van der Waals surface area (Å²) >= 11 is 12.8. The van der Waals surface area contributed by atoms with Gasteiger partial charge in [-0.3, -0.25) is 0 Å². The van der Waals surface area contributed by atoms with Crippen LogP contribution in [0.5, 0.6) is 0 Å². The van der Waals surface area contributed by atoms with Crippen molar-refractivity contribution in [1.29, 1.82) is 0 Å². The minimum Gasteiger partial charge on any atom is -0.301 e. The van der Waals surface area contributed by atoms with Crippen molar-refractivity contribution in [3.05, 3.63) is 28.2 Å². The van der Waals surface area contributed by atoms with Crippen LogP contribution in [0.3, 0.4) is 0 Å². The largest absolute Gasteiger partial charge is 0.393 e. The van der Waals surface area contributed by atoms with Crippen molar-refractivity contribution in [3.8, 4) is 0 Å². The van der Waals surface area contributed by atoms with Gasteiger partial charge in [-0.2, -0.15) is 0 Å². The fraction of sp³-hybridized carbons (Fsp3) is 0.400. The van der Waals surface area contributed by atoms with Crippen molar-refractivity contribution in [1.82, 2.24) is 0 Å². The summed E-state index contributed by atoms with van der Waals surface area (Å²) in [5, 5.41) is 0.962. The van der Waals surface area contributed by atoms with Gasteiger partial charge in [0.25, 0.3) is 0 Å². The highest BCUT2D eigenvalue weighted by atomic mass is 35.5. The van der Waals surface area contributed by atoms with E-state index in [4.69, 9.17) is 32.2 Å². The molecule has 0 aliphatic rings. The Balaban J connectivity index is 2.89. The van der Waals surface area contributed by atoms with Gasteiger partial charge in [-0.25, -0.2) is 4.57 Å². The second-order valence-corrected chi connectivity index (χ2v) is 7.72. The highest BCUT2D eigenvalue weighted by Gasteiger charge is 2.26. The standard InChI is InChI=1S/C10H13Cl2O3PS/c1-3-14-16(13,15-4-2)17-10-6-5-8(11)7-9(10)12/h5-7H,3-4H2,1-2H3. The van der Waals surface area contributed by atoms with Crippen LogP contribution in [-0.2, 0) is 13.6 Å². The van der Waals surface area contributed by atoms with Crippen LogP contribution in [0.2, 0.25) is 10.0 Å². The Labute approximate surface area is 115 Å². The molecule has 0 spiro atoms. The third-order valence-corrected chi connectivity index (χ3v) is 6.16. The number of halogens is 2. The van der Waals surface area contributed by atoms with E-state index >= 15 is 0 Å². The molecule has 0 aromatic heterocycles. The van der Waals surface area contributed by atoms with E-state index in [1.807, 2.05) is 0 Å². The summed E-state index contributed by atoms with van der Waals surface area (Å²) in [4.78, 5) is 0.626. The van der Waals surface area contributed by atoms with E-state index in [2.05, 4.69) is 0 Å². The topological polar surface area (TPSA) is 35.5 Å². The van der Waals surface area contributed by atoms with Crippen LogP contribution >= 0.6 is 41.4 Å². The Kier molecular flexibility index (Phi) is 6.35. The molecule has 1 rings (SSSR count). The molecular formula is C10H13Cl2O3PS. The molecule has 0 fully saturated rings. The van der Waals surface area contributed by atoms with Crippen LogP contribution in [0, 0.1) is 0 Å². The predicted octanol–water partition coefficient (Wildman–Crippen LogP) is 5.27. The SMILES string of the molecule is CCOP(=O)(OCC)Sc1ccc(Cl)cc1Cl. The number of hydrogen-bond donors (Lipinski definition) is 0. The number of benzene rings is 1. The highest BCUT2D eigenvalue weighted by molar-refractivity contribution is 8.55. The van der Waals surface area contributed by atoms with Crippen molar-refractivity contribution in [2.24, 2.45) is 0 Å². The average Bonchev–Trinajstić information content (AvgIpc) is 2.23. The van der Waals surface area contributed by atoms with Gasteiger partial charge in [-0.15, -0.1) is 0 Å². The summed E-state index contributed by atoms with van der Waals surface area (Å²) in [5.74, 6) is 0. The summed E-state index contributed by atoms with van der Waals surface area (Å²) in [7, 11) is 0. The van der Waals surface area contributed by atoms with Crippen LogP contribution in [0.15, 0.2) is 23.1 Å². The van der Waals surface area contributed by atoms with Gasteiger partial charge in [-0.05, 0) is 43.4 Å². The minimum atomic E-state index is -3.19. The molecule has 0 saturated heterocycles. The number of hydrogen-bond acceptors (Lipinski definition) is 4. The first-order valence-electron chi connectivity index (χ1n) is 5.04. The molecule has 0 saturated carbocycles. The van der Waals surface area contributed by atoms with Crippen molar-refractivity contribution in [2.45, 2.75) is 18.7 Å². The Morgan fingerprint density at radius 3 is 2.29 bits per heavy atom. The second-order valence-electron chi connectivity index (χ2n) is 2.95. The number of rotatable bonds is 6. The van der Waals surface area contributed by atoms with E-state index in [9.17, 15) is 4.57 Å². The van der Waals surface area contributed by atoms with E-state index in [-0.39, 0.29) is 0 Å². The molecule has 1 aromatic rings. The molecule has 0 aliphatic heterocycles. The molecule has 7 heteroatoms. The molecule has 0 unspecified atom stereocenters. The van der Waals surface area contributed by atoms with Crippen LogP contribution < -0.4 is 0 Å². The molecule has 17 heavy (non-hydrogen) atoms. The van der Waals surface area contributed by atoms with Crippen molar-refractivity contribution >= 4 is 41.4 Å². The molecule has 3 nitrogen and oxygen atoms in total. The van der Waals surface area contributed by atoms with E-state index in [1.165, 1.54) is 0 Å². The van der Waals surface area contributed by atoms with Gasteiger partial charge in [0.15, 0.2) is 0 Å². The minimum absolute atomic E-state index is 0.315. The zero-order valence-electron chi connectivity index (χ0n) is 9.48. The van der Waals surface area contributed by atoms with E-state index in [0.717, 1.165) is 11.4 Å². The lowest BCUT2D eigenvalue weighted by atomic mass is 10.4. The smallest absolute Gasteiger partial charge is 0.301 e. The fourth-order valence-electron chi connectivity index (χ4n) is 1.08. The van der Waals surface area contributed by atoms with Gasteiger partial charge in [0.05, 0.1) is 18.2 Å². The zero-order chi connectivity index (χ0) is 12.9. The molecule has 0 radical (unpaired) electrons. The normalized spacial score (nSPS) is 11.8. The van der Waals surface area contributed by atoms with Crippen LogP contribution in [-0.4, -0.2) is 13.2 Å². The van der Waals surface area contributed by atoms with Gasteiger partial charge < -0.3 is 9.05 Å². The van der Waals surface area contributed by atoms with Gasteiger partial charge in [0.2, 0.25) is 0 Å². The first-order valence-corrected chi connectivity index (χ1v) is 8.76. The fourth-order valence-corrected chi connectivity index (χ4v) is 5.24. The van der Waals surface area contributed by atoms with Crippen molar-refractivity contribution in [2.75, 3.05) is 13.2 Å². The average molecular weight is 315 g/mol.